The van der Waals surface area contributed by atoms with Gasteiger partial charge in [-0.1, -0.05) is 25.0 Å². The van der Waals surface area contributed by atoms with E-state index in [9.17, 15) is 0 Å². The van der Waals surface area contributed by atoms with Gasteiger partial charge in [0.15, 0.2) is 0 Å². The lowest BCUT2D eigenvalue weighted by Crippen LogP contribution is -2.27. The topological polar surface area (TPSA) is 29.9 Å². The molecule has 1 aliphatic rings. The smallest absolute Gasteiger partial charge is 0.0537 e. The Balaban J connectivity index is 1.88. The maximum absolute atomic E-state index is 4.27. The molecule has 0 fully saturated rings. The number of aryl methyl sites for hydroxylation is 1. The predicted molar refractivity (Wildman–Crippen MR) is 70.8 cm³/mol. The molecule has 3 heteroatoms. The van der Waals surface area contributed by atoms with Crippen molar-refractivity contribution in [3.8, 4) is 0 Å². The quantitative estimate of drug-likeness (QED) is 0.814. The van der Waals surface area contributed by atoms with Crippen LogP contribution in [0.15, 0.2) is 18.3 Å². The van der Waals surface area contributed by atoms with Crippen molar-refractivity contribution >= 4 is 0 Å². The molecule has 1 heterocycles. The Morgan fingerprint density at radius 1 is 1.41 bits per heavy atom. The summed E-state index contributed by atoms with van der Waals surface area (Å²) < 4.78 is 1.94. The minimum Gasteiger partial charge on any atom is -0.306 e. The van der Waals surface area contributed by atoms with Gasteiger partial charge >= 0.3 is 0 Å². The number of aromatic nitrogens is 2. The summed E-state index contributed by atoms with van der Waals surface area (Å²) in [4.78, 5) is 0. The van der Waals surface area contributed by atoms with E-state index in [2.05, 4.69) is 29.5 Å². The highest BCUT2D eigenvalue weighted by molar-refractivity contribution is 5.15. The van der Waals surface area contributed by atoms with Gasteiger partial charge < -0.3 is 5.32 Å². The van der Waals surface area contributed by atoms with Crippen molar-refractivity contribution in [1.82, 2.24) is 15.1 Å². The van der Waals surface area contributed by atoms with E-state index in [1.54, 1.807) is 0 Å². The third-order valence-electron chi connectivity index (χ3n) is 3.65. The molecule has 1 aromatic heterocycles. The normalized spacial score (nSPS) is 23.1. The molecule has 0 spiro atoms. The van der Waals surface area contributed by atoms with Gasteiger partial charge in [-0.15, -0.1) is 0 Å². The second-order valence-electron chi connectivity index (χ2n) is 4.93. The first-order valence-corrected chi connectivity index (χ1v) is 6.65. The lowest BCUT2D eigenvalue weighted by atomic mass is 10.0. The maximum Gasteiger partial charge on any atom is 0.0537 e. The largest absolute Gasteiger partial charge is 0.306 e. The highest BCUT2D eigenvalue weighted by Crippen LogP contribution is 2.13. The Kier molecular flexibility index (Phi) is 4.37. The average molecular weight is 233 g/mol. The molecular formula is C14H23N3. The average Bonchev–Trinajstić information content (AvgIpc) is 2.59. The van der Waals surface area contributed by atoms with Crippen LogP contribution in [0.1, 0.15) is 43.4 Å². The van der Waals surface area contributed by atoms with Crippen LogP contribution in [0.25, 0.3) is 0 Å². The molecule has 0 saturated carbocycles. The fourth-order valence-electron chi connectivity index (χ4n) is 2.29. The second-order valence-corrected chi connectivity index (χ2v) is 4.93. The summed E-state index contributed by atoms with van der Waals surface area (Å²) in [5.41, 5.74) is 2.57. The molecule has 3 nitrogen and oxygen atoms in total. The van der Waals surface area contributed by atoms with Crippen molar-refractivity contribution in [3.05, 3.63) is 29.6 Å². The molecule has 94 valence electrons. The second kappa shape index (κ2) is 6.01. The van der Waals surface area contributed by atoms with Gasteiger partial charge in [-0.3, -0.25) is 4.68 Å². The SMILES string of the molecule is Cc1c(CNC2/C=C/CCCCC2)cnn1C. The number of hydrogen-bond donors (Lipinski definition) is 1. The molecule has 0 aromatic carbocycles. The van der Waals surface area contributed by atoms with Crippen molar-refractivity contribution in [2.24, 2.45) is 7.05 Å². The molecule has 0 aliphatic heterocycles. The number of hydrogen-bond acceptors (Lipinski definition) is 2. The lowest BCUT2D eigenvalue weighted by Gasteiger charge is -2.16. The molecule has 1 unspecified atom stereocenters. The van der Waals surface area contributed by atoms with E-state index in [0.29, 0.717) is 6.04 Å². The Bertz CT molecular complexity index is 379. The summed E-state index contributed by atoms with van der Waals surface area (Å²) in [6, 6.07) is 0.537. The molecule has 0 radical (unpaired) electrons. The number of nitrogens with zero attached hydrogens (tertiary/aromatic N) is 2. The van der Waals surface area contributed by atoms with Crippen LogP contribution in [0, 0.1) is 6.92 Å². The van der Waals surface area contributed by atoms with Crippen molar-refractivity contribution in [2.45, 2.75) is 51.6 Å². The van der Waals surface area contributed by atoms with E-state index in [4.69, 9.17) is 0 Å². The van der Waals surface area contributed by atoms with Gasteiger partial charge in [0, 0.05) is 30.9 Å². The van der Waals surface area contributed by atoms with Crippen molar-refractivity contribution < 1.29 is 0 Å². The van der Waals surface area contributed by atoms with Crippen LogP contribution < -0.4 is 5.32 Å². The van der Waals surface area contributed by atoms with Crippen LogP contribution in [-0.4, -0.2) is 15.8 Å². The summed E-state index contributed by atoms with van der Waals surface area (Å²) in [5, 5.41) is 7.89. The van der Waals surface area contributed by atoms with Gasteiger partial charge in [0.1, 0.15) is 0 Å². The van der Waals surface area contributed by atoms with Crippen LogP contribution >= 0.6 is 0 Å². The van der Waals surface area contributed by atoms with Gasteiger partial charge in [-0.25, -0.2) is 0 Å². The van der Waals surface area contributed by atoms with Crippen LogP contribution in [-0.2, 0) is 13.6 Å². The van der Waals surface area contributed by atoms with E-state index in [1.165, 1.54) is 43.4 Å². The molecule has 2 rings (SSSR count). The van der Waals surface area contributed by atoms with E-state index < -0.39 is 0 Å². The van der Waals surface area contributed by atoms with Gasteiger partial charge in [0.2, 0.25) is 0 Å². The molecule has 1 aromatic rings. The van der Waals surface area contributed by atoms with Crippen molar-refractivity contribution in [2.75, 3.05) is 0 Å². The zero-order valence-electron chi connectivity index (χ0n) is 10.9. The molecule has 1 N–H and O–H groups in total. The predicted octanol–water partition coefficient (Wildman–Crippen LogP) is 2.71. The highest BCUT2D eigenvalue weighted by atomic mass is 15.3. The van der Waals surface area contributed by atoms with Crippen LogP contribution in [0.5, 0.6) is 0 Å². The molecule has 0 saturated heterocycles. The van der Waals surface area contributed by atoms with Gasteiger partial charge in [-0.05, 0) is 26.2 Å². The van der Waals surface area contributed by atoms with Crippen LogP contribution in [0.2, 0.25) is 0 Å². The molecule has 1 aliphatic carbocycles. The summed E-state index contributed by atoms with van der Waals surface area (Å²) in [6.45, 7) is 3.05. The summed E-state index contributed by atoms with van der Waals surface area (Å²) in [6.07, 6.45) is 13.2. The summed E-state index contributed by atoms with van der Waals surface area (Å²) in [7, 11) is 1.99. The van der Waals surface area contributed by atoms with Crippen LogP contribution in [0.4, 0.5) is 0 Å². The minimum absolute atomic E-state index is 0.537. The summed E-state index contributed by atoms with van der Waals surface area (Å²) >= 11 is 0. The first-order chi connectivity index (χ1) is 8.27. The van der Waals surface area contributed by atoms with Gasteiger partial charge in [0.05, 0.1) is 6.20 Å². The first kappa shape index (κ1) is 12.4. The Labute approximate surface area is 104 Å². The number of nitrogens with one attached hydrogen (secondary N) is 1. The van der Waals surface area contributed by atoms with E-state index in [0.717, 1.165) is 6.54 Å². The van der Waals surface area contributed by atoms with E-state index in [-0.39, 0.29) is 0 Å². The van der Waals surface area contributed by atoms with Crippen molar-refractivity contribution in [1.29, 1.82) is 0 Å². The Morgan fingerprint density at radius 3 is 3.06 bits per heavy atom. The number of rotatable bonds is 3. The van der Waals surface area contributed by atoms with E-state index in [1.807, 2.05) is 17.9 Å². The van der Waals surface area contributed by atoms with Gasteiger partial charge in [-0.2, -0.15) is 5.10 Å². The molecular weight excluding hydrogens is 210 g/mol. The third-order valence-corrected chi connectivity index (χ3v) is 3.65. The molecule has 0 bridgehead atoms. The Hall–Kier alpha value is -1.09. The molecule has 17 heavy (non-hydrogen) atoms. The summed E-state index contributed by atoms with van der Waals surface area (Å²) in [5.74, 6) is 0. The van der Waals surface area contributed by atoms with Crippen LogP contribution in [0.3, 0.4) is 0 Å². The molecule has 0 amide bonds. The Morgan fingerprint density at radius 2 is 2.29 bits per heavy atom. The minimum atomic E-state index is 0.537. The molecule has 1 atom stereocenters. The highest BCUT2D eigenvalue weighted by Gasteiger charge is 2.08. The standard InChI is InChI=1S/C14H23N3/c1-12-13(11-16-17(12)2)10-15-14-8-6-4-3-5-7-9-14/h6,8,11,14-15H,3-5,7,9-10H2,1-2H3/b8-6+. The zero-order chi connectivity index (χ0) is 12.1. The lowest BCUT2D eigenvalue weighted by molar-refractivity contribution is 0.507. The zero-order valence-corrected chi connectivity index (χ0v) is 10.9. The van der Waals surface area contributed by atoms with Crippen molar-refractivity contribution in [3.63, 3.8) is 0 Å². The maximum atomic E-state index is 4.27. The van der Waals surface area contributed by atoms with Gasteiger partial charge in [0.25, 0.3) is 0 Å². The fourth-order valence-corrected chi connectivity index (χ4v) is 2.29. The first-order valence-electron chi connectivity index (χ1n) is 6.65. The fraction of sp³-hybridized carbons (Fsp3) is 0.643. The third kappa shape index (κ3) is 3.43. The number of allylic oxidation sites excluding steroid dienone is 1. The van der Waals surface area contributed by atoms with E-state index >= 15 is 0 Å². The monoisotopic (exact) mass is 233 g/mol.